The maximum atomic E-state index is 12.6. The Labute approximate surface area is 177 Å². The number of esters is 1. The highest BCUT2D eigenvalue weighted by atomic mass is 32.1. The highest BCUT2D eigenvalue weighted by molar-refractivity contribution is 7.22. The highest BCUT2D eigenvalue weighted by Crippen LogP contribution is 2.28. The molecular formula is C21H22N4O4S. The number of nitrogens with zero attached hydrogens (tertiary/aromatic N) is 1. The second kappa shape index (κ2) is 9.84. The molecule has 0 aliphatic carbocycles. The summed E-state index contributed by atoms with van der Waals surface area (Å²) in [6.07, 6.45) is 0.0243. The van der Waals surface area contributed by atoms with E-state index in [1.54, 1.807) is 19.1 Å². The first-order chi connectivity index (χ1) is 14.4. The van der Waals surface area contributed by atoms with Crippen molar-refractivity contribution in [3.05, 3.63) is 54.1 Å². The van der Waals surface area contributed by atoms with Gasteiger partial charge >= 0.3 is 12.0 Å². The normalized spacial score (nSPS) is 11.5. The van der Waals surface area contributed by atoms with E-state index >= 15 is 0 Å². The summed E-state index contributed by atoms with van der Waals surface area (Å²) >= 11 is 1.35. The van der Waals surface area contributed by atoms with Crippen LogP contribution in [0.2, 0.25) is 0 Å². The van der Waals surface area contributed by atoms with Crippen LogP contribution in [0.5, 0.6) is 0 Å². The van der Waals surface area contributed by atoms with Crippen LogP contribution in [-0.2, 0) is 14.3 Å². The molecule has 0 unspecified atom stereocenters. The maximum Gasteiger partial charge on any atom is 0.319 e. The highest BCUT2D eigenvalue weighted by Gasteiger charge is 2.19. The van der Waals surface area contributed by atoms with Crippen molar-refractivity contribution < 1.29 is 19.1 Å². The van der Waals surface area contributed by atoms with Crippen LogP contribution in [0.1, 0.15) is 31.9 Å². The standard InChI is InChI=1S/C21H22N4O4S/c1-3-29-19(27)12-16(14-7-5-4-6-8-14)24-20(28)23-15-9-10-18-17(11-15)25-21(30-18)22-13(2)26/h4-11,16H,3,12H2,1-2H3,(H,22,25,26)(H2,23,24,28)/t16-/m1/s1. The van der Waals surface area contributed by atoms with Crippen LogP contribution in [-0.4, -0.2) is 29.5 Å². The van der Waals surface area contributed by atoms with Crippen molar-refractivity contribution in [2.24, 2.45) is 0 Å². The molecule has 1 heterocycles. The fourth-order valence-corrected chi connectivity index (χ4v) is 3.75. The number of thiazole rings is 1. The summed E-state index contributed by atoms with van der Waals surface area (Å²) in [6.45, 7) is 3.44. The molecule has 2 aromatic carbocycles. The topological polar surface area (TPSA) is 109 Å². The predicted octanol–water partition coefficient (Wildman–Crippen LogP) is 4.07. The molecular weight excluding hydrogens is 404 g/mol. The van der Waals surface area contributed by atoms with Crippen LogP contribution >= 0.6 is 11.3 Å². The quantitative estimate of drug-likeness (QED) is 0.494. The summed E-state index contributed by atoms with van der Waals surface area (Å²) in [6, 6.07) is 13.5. The molecule has 0 bridgehead atoms. The van der Waals surface area contributed by atoms with E-state index in [9.17, 15) is 14.4 Å². The van der Waals surface area contributed by atoms with Gasteiger partial charge in [0.25, 0.3) is 0 Å². The Balaban J connectivity index is 1.71. The Morgan fingerprint density at radius 2 is 1.87 bits per heavy atom. The zero-order valence-electron chi connectivity index (χ0n) is 16.6. The molecule has 3 amide bonds. The Hall–Kier alpha value is -3.46. The van der Waals surface area contributed by atoms with Crippen molar-refractivity contribution in [3.63, 3.8) is 0 Å². The summed E-state index contributed by atoms with van der Waals surface area (Å²) in [4.78, 5) is 40.1. The zero-order chi connectivity index (χ0) is 21.5. The summed E-state index contributed by atoms with van der Waals surface area (Å²) < 4.78 is 5.91. The number of urea groups is 1. The molecule has 0 aliphatic heterocycles. The molecule has 3 N–H and O–H groups in total. The summed E-state index contributed by atoms with van der Waals surface area (Å²) in [5.41, 5.74) is 2.01. The fourth-order valence-electron chi connectivity index (χ4n) is 2.86. The second-order valence-corrected chi connectivity index (χ2v) is 7.48. The van der Waals surface area contributed by atoms with Crippen LogP contribution in [0, 0.1) is 0 Å². The third-order valence-electron chi connectivity index (χ3n) is 4.11. The molecule has 0 aliphatic rings. The molecule has 9 heteroatoms. The number of benzene rings is 2. The third kappa shape index (κ3) is 5.77. The van der Waals surface area contributed by atoms with Crippen molar-refractivity contribution in [2.75, 3.05) is 17.2 Å². The van der Waals surface area contributed by atoms with Gasteiger partial charge in [-0.05, 0) is 30.7 Å². The number of rotatable bonds is 7. The lowest BCUT2D eigenvalue weighted by atomic mass is 10.0. The van der Waals surface area contributed by atoms with Crippen molar-refractivity contribution >= 4 is 50.3 Å². The summed E-state index contributed by atoms with van der Waals surface area (Å²) in [5, 5.41) is 8.74. The number of fused-ring (bicyclic) bond motifs is 1. The van der Waals surface area contributed by atoms with E-state index in [2.05, 4.69) is 20.9 Å². The van der Waals surface area contributed by atoms with Gasteiger partial charge in [0.1, 0.15) is 0 Å². The maximum absolute atomic E-state index is 12.6. The van der Waals surface area contributed by atoms with Gasteiger partial charge in [-0.1, -0.05) is 41.7 Å². The summed E-state index contributed by atoms with van der Waals surface area (Å²) in [7, 11) is 0. The van der Waals surface area contributed by atoms with E-state index in [4.69, 9.17) is 4.74 Å². The first-order valence-electron chi connectivity index (χ1n) is 9.41. The lowest BCUT2D eigenvalue weighted by molar-refractivity contribution is -0.143. The summed E-state index contributed by atoms with van der Waals surface area (Å²) in [5.74, 6) is -0.582. The number of hydrogen-bond donors (Lipinski definition) is 3. The molecule has 3 rings (SSSR count). The smallest absolute Gasteiger partial charge is 0.319 e. The van der Waals surface area contributed by atoms with Crippen LogP contribution in [0.25, 0.3) is 10.2 Å². The second-order valence-electron chi connectivity index (χ2n) is 6.45. The Bertz CT molecular complexity index is 1050. The molecule has 30 heavy (non-hydrogen) atoms. The van der Waals surface area contributed by atoms with E-state index in [1.165, 1.54) is 18.3 Å². The van der Waals surface area contributed by atoms with E-state index in [0.717, 1.165) is 10.3 Å². The lowest BCUT2D eigenvalue weighted by Gasteiger charge is -2.19. The van der Waals surface area contributed by atoms with Gasteiger partial charge in [0.15, 0.2) is 5.13 Å². The monoisotopic (exact) mass is 426 g/mol. The minimum Gasteiger partial charge on any atom is -0.466 e. The number of nitrogens with one attached hydrogen (secondary N) is 3. The van der Waals surface area contributed by atoms with Gasteiger partial charge in [0.2, 0.25) is 5.91 Å². The van der Waals surface area contributed by atoms with Crippen LogP contribution in [0.3, 0.4) is 0 Å². The van der Waals surface area contributed by atoms with Gasteiger partial charge in [0, 0.05) is 12.6 Å². The van der Waals surface area contributed by atoms with Crippen molar-refractivity contribution in [1.82, 2.24) is 10.3 Å². The van der Waals surface area contributed by atoms with Crippen molar-refractivity contribution in [2.45, 2.75) is 26.3 Å². The first kappa shape index (κ1) is 21.3. The van der Waals surface area contributed by atoms with Crippen molar-refractivity contribution in [3.8, 4) is 0 Å². The van der Waals surface area contributed by atoms with E-state index in [0.29, 0.717) is 16.3 Å². The van der Waals surface area contributed by atoms with Crippen LogP contribution in [0.4, 0.5) is 15.6 Å². The molecule has 0 spiro atoms. The third-order valence-corrected chi connectivity index (χ3v) is 5.06. The Kier molecular flexibility index (Phi) is 6.97. The largest absolute Gasteiger partial charge is 0.466 e. The van der Waals surface area contributed by atoms with E-state index < -0.39 is 12.1 Å². The van der Waals surface area contributed by atoms with E-state index in [1.807, 2.05) is 36.4 Å². The number of anilines is 2. The number of carbonyl (C=O) groups excluding carboxylic acids is 3. The molecule has 0 saturated heterocycles. The van der Waals surface area contributed by atoms with Crippen molar-refractivity contribution in [1.29, 1.82) is 0 Å². The minimum atomic E-state index is -0.528. The van der Waals surface area contributed by atoms with Gasteiger partial charge in [-0.25, -0.2) is 9.78 Å². The SMILES string of the molecule is CCOC(=O)C[C@@H](NC(=O)Nc1ccc2sc(NC(C)=O)nc2c1)c1ccccc1. The van der Waals surface area contributed by atoms with E-state index in [-0.39, 0.29) is 24.9 Å². The lowest BCUT2D eigenvalue weighted by Crippen LogP contribution is -2.34. The first-order valence-corrected chi connectivity index (χ1v) is 10.2. The average Bonchev–Trinajstić information content (AvgIpc) is 3.09. The van der Waals surface area contributed by atoms with Gasteiger partial charge in [-0.2, -0.15) is 0 Å². The molecule has 3 aromatic rings. The fraction of sp³-hybridized carbons (Fsp3) is 0.238. The molecule has 0 radical (unpaired) electrons. The van der Waals surface area contributed by atoms with Crippen LogP contribution < -0.4 is 16.0 Å². The zero-order valence-corrected chi connectivity index (χ0v) is 17.4. The van der Waals surface area contributed by atoms with Gasteiger partial charge in [-0.15, -0.1) is 0 Å². The number of amides is 3. The number of ether oxygens (including phenoxy) is 1. The number of aromatic nitrogens is 1. The molecule has 1 atom stereocenters. The molecule has 1 aromatic heterocycles. The molecule has 0 saturated carbocycles. The average molecular weight is 426 g/mol. The van der Waals surface area contributed by atoms with Crippen LogP contribution in [0.15, 0.2) is 48.5 Å². The minimum absolute atomic E-state index is 0.0243. The molecule has 8 nitrogen and oxygen atoms in total. The molecule has 0 fully saturated rings. The Morgan fingerprint density at radius 3 is 2.57 bits per heavy atom. The van der Waals surface area contributed by atoms with Gasteiger partial charge < -0.3 is 20.7 Å². The number of carbonyl (C=O) groups is 3. The number of hydrogen-bond acceptors (Lipinski definition) is 6. The predicted molar refractivity (Wildman–Crippen MR) is 117 cm³/mol. The Morgan fingerprint density at radius 1 is 1.10 bits per heavy atom. The van der Waals surface area contributed by atoms with Gasteiger partial charge in [0.05, 0.1) is 29.3 Å². The molecule has 156 valence electrons. The van der Waals surface area contributed by atoms with Gasteiger partial charge in [-0.3, -0.25) is 9.59 Å².